The SMILES string of the molecule is Cc1ncc(C(=O)O)n1CC(=O)Nc1ccccc1. The van der Waals surface area contributed by atoms with Gasteiger partial charge in [-0.2, -0.15) is 0 Å². The number of imidazole rings is 1. The van der Waals surface area contributed by atoms with E-state index in [9.17, 15) is 9.59 Å². The summed E-state index contributed by atoms with van der Waals surface area (Å²) >= 11 is 0. The number of amides is 1. The van der Waals surface area contributed by atoms with Gasteiger partial charge >= 0.3 is 5.97 Å². The van der Waals surface area contributed by atoms with Crippen LogP contribution in [0.25, 0.3) is 0 Å². The number of benzene rings is 1. The van der Waals surface area contributed by atoms with Crippen molar-refractivity contribution in [1.82, 2.24) is 9.55 Å². The van der Waals surface area contributed by atoms with Crippen LogP contribution in [0.1, 0.15) is 16.3 Å². The molecule has 0 fully saturated rings. The first-order valence-electron chi connectivity index (χ1n) is 5.68. The summed E-state index contributed by atoms with van der Waals surface area (Å²) < 4.78 is 1.36. The van der Waals surface area contributed by atoms with Crippen molar-refractivity contribution < 1.29 is 14.7 Å². The van der Waals surface area contributed by atoms with Crippen LogP contribution in [0.2, 0.25) is 0 Å². The molecule has 0 atom stereocenters. The second kappa shape index (κ2) is 5.34. The molecule has 6 heteroatoms. The van der Waals surface area contributed by atoms with E-state index in [0.29, 0.717) is 11.5 Å². The molecule has 0 saturated heterocycles. The Kier molecular flexibility index (Phi) is 3.61. The Bertz CT molecular complexity index is 605. The Hall–Kier alpha value is -2.63. The van der Waals surface area contributed by atoms with Crippen molar-refractivity contribution in [2.45, 2.75) is 13.5 Å². The average Bonchev–Trinajstić information content (AvgIpc) is 2.72. The molecule has 0 aliphatic heterocycles. The van der Waals surface area contributed by atoms with Crippen molar-refractivity contribution in [3.8, 4) is 0 Å². The number of aromatic nitrogens is 2. The van der Waals surface area contributed by atoms with Gasteiger partial charge in [0.15, 0.2) is 0 Å². The number of carbonyl (C=O) groups excluding carboxylic acids is 1. The highest BCUT2D eigenvalue weighted by molar-refractivity contribution is 5.92. The lowest BCUT2D eigenvalue weighted by molar-refractivity contribution is -0.116. The van der Waals surface area contributed by atoms with Gasteiger partial charge < -0.3 is 15.0 Å². The number of carboxylic acid groups (broad SMARTS) is 1. The molecule has 0 bridgehead atoms. The minimum absolute atomic E-state index is 0.000659. The van der Waals surface area contributed by atoms with E-state index in [1.54, 1.807) is 31.2 Å². The molecule has 19 heavy (non-hydrogen) atoms. The minimum Gasteiger partial charge on any atom is -0.477 e. The molecular formula is C13H13N3O3. The molecule has 0 unspecified atom stereocenters. The minimum atomic E-state index is -1.10. The lowest BCUT2D eigenvalue weighted by Crippen LogP contribution is -2.22. The van der Waals surface area contributed by atoms with Gasteiger partial charge in [0.25, 0.3) is 0 Å². The molecule has 0 radical (unpaired) electrons. The lowest BCUT2D eigenvalue weighted by atomic mass is 10.3. The monoisotopic (exact) mass is 259 g/mol. The number of carboxylic acids is 1. The van der Waals surface area contributed by atoms with E-state index in [1.165, 1.54) is 10.8 Å². The van der Waals surface area contributed by atoms with Gasteiger partial charge in [-0.05, 0) is 19.1 Å². The zero-order valence-corrected chi connectivity index (χ0v) is 10.3. The number of aromatic carboxylic acids is 1. The van der Waals surface area contributed by atoms with Crippen molar-refractivity contribution in [3.05, 3.63) is 48.0 Å². The number of anilines is 1. The molecule has 0 spiro atoms. The second-order valence-electron chi connectivity index (χ2n) is 4.00. The highest BCUT2D eigenvalue weighted by Crippen LogP contribution is 2.08. The molecule has 1 aromatic carbocycles. The number of nitrogens with zero attached hydrogens (tertiary/aromatic N) is 2. The van der Waals surface area contributed by atoms with Crippen LogP contribution in [0.5, 0.6) is 0 Å². The standard InChI is InChI=1S/C13H13N3O3/c1-9-14-7-11(13(18)19)16(9)8-12(17)15-10-5-3-2-4-6-10/h2-7H,8H2,1H3,(H,15,17)(H,18,19). The maximum atomic E-state index is 11.9. The maximum absolute atomic E-state index is 11.9. The van der Waals surface area contributed by atoms with Gasteiger partial charge in [-0.25, -0.2) is 9.78 Å². The van der Waals surface area contributed by atoms with Crippen LogP contribution in [0.15, 0.2) is 36.5 Å². The molecule has 0 saturated carbocycles. The van der Waals surface area contributed by atoms with E-state index in [-0.39, 0.29) is 18.1 Å². The molecule has 6 nitrogen and oxygen atoms in total. The summed E-state index contributed by atoms with van der Waals surface area (Å²) in [5.74, 6) is -0.913. The Labute approximate surface area is 109 Å². The summed E-state index contributed by atoms with van der Waals surface area (Å²) in [6.07, 6.45) is 1.24. The molecule has 98 valence electrons. The largest absolute Gasteiger partial charge is 0.477 e. The molecule has 2 N–H and O–H groups in total. The normalized spacial score (nSPS) is 10.2. The van der Waals surface area contributed by atoms with Gasteiger partial charge in [-0.3, -0.25) is 4.79 Å². The number of carbonyl (C=O) groups is 2. The third-order valence-corrected chi connectivity index (χ3v) is 2.63. The summed E-state index contributed by atoms with van der Waals surface area (Å²) in [6.45, 7) is 1.57. The van der Waals surface area contributed by atoms with Crippen LogP contribution in [-0.2, 0) is 11.3 Å². The van der Waals surface area contributed by atoms with Gasteiger partial charge in [0.05, 0.1) is 6.20 Å². The molecule has 1 aromatic heterocycles. The summed E-state index contributed by atoms with van der Waals surface area (Å²) in [7, 11) is 0. The molecule has 1 heterocycles. The average molecular weight is 259 g/mol. The van der Waals surface area contributed by atoms with E-state index in [4.69, 9.17) is 5.11 Å². The van der Waals surface area contributed by atoms with E-state index in [1.807, 2.05) is 6.07 Å². The van der Waals surface area contributed by atoms with Crippen molar-refractivity contribution in [1.29, 1.82) is 0 Å². The number of hydrogen-bond donors (Lipinski definition) is 2. The third kappa shape index (κ3) is 2.98. The quantitative estimate of drug-likeness (QED) is 0.872. The molecule has 0 aliphatic rings. The Morgan fingerprint density at radius 3 is 2.63 bits per heavy atom. The molecule has 1 amide bonds. The van der Waals surface area contributed by atoms with Crippen LogP contribution < -0.4 is 5.32 Å². The van der Waals surface area contributed by atoms with Crippen LogP contribution in [0.3, 0.4) is 0 Å². The number of para-hydroxylation sites is 1. The van der Waals surface area contributed by atoms with Gasteiger partial charge in [0.1, 0.15) is 18.1 Å². The van der Waals surface area contributed by atoms with Crippen molar-refractivity contribution in [3.63, 3.8) is 0 Å². The zero-order chi connectivity index (χ0) is 13.8. The molecule has 2 rings (SSSR count). The lowest BCUT2D eigenvalue weighted by Gasteiger charge is -2.08. The van der Waals surface area contributed by atoms with Crippen LogP contribution in [0.4, 0.5) is 5.69 Å². The van der Waals surface area contributed by atoms with Crippen LogP contribution >= 0.6 is 0 Å². The predicted octanol–water partition coefficient (Wildman–Crippen LogP) is 1.53. The third-order valence-electron chi connectivity index (χ3n) is 2.63. The highest BCUT2D eigenvalue weighted by Gasteiger charge is 2.15. The first kappa shape index (κ1) is 12.8. The van der Waals surface area contributed by atoms with Crippen molar-refractivity contribution in [2.24, 2.45) is 0 Å². The Balaban J connectivity index is 2.11. The highest BCUT2D eigenvalue weighted by atomic mass is 16.4. The Morgan fingerprint density at radius 2 is 2.00 bits per heavy atom. The van der Waals surface area contributed by atoms with Gasteiger partial charge in [-0.1, -0.05) is 18.2 Å². The fraction of sp³-hybridized carbons (Fsp3) is 0.154. The number of rotatable bonds is 4. The zero-order valence-electron chi connectivity index (χ0n) is 10.3. The fourth-order valence-corrected chi connectivity index (χ4v) is 1.70. The van der Waals surface area contributed by atoms with Crippen LogP contribution in [-0.4, -0.2) is 26.5 Å². The summed E-state index contributed by atoms with van der Waals surface area (Å²) in [5.41, 5.74) is 0.669. The summed E-state index contributed by atoms with van der Waals surface area (Å²) in [6, 6.07) is 8.98. The molecule has 0 aliphatic carbocycles. The van der Waals surface area contributed by atoms with Crippen LogP contribution in [0, 0.1) is 6.92 Å². The summed E-state index contributed by atoms with van der Waals surface area (Å²) in [4.78, 5) is 26.7. The van der Waals surface area contributed by atoms with Crippen molar-refractivity contribution >= 4 is 17.6 Å². The van der Waals surface area contributed by atoms with E-state index < -0.39 is 5.97 Å². The van der Waals surface area contributed by atoms with Crippen molar-refractivity contribution in [2.75, 3.05) is 5.32 Å². The fourth-order valence-electron chi connectivity index (χ4n) is 1.70. The van der Waals surface area contributed by atoms with Gasteiger partial charge in [0, 0.05) is 5.69 Å². The predicted molar refractivity (Wildman–Crippen MR) is 69.0 cm³/mol. The second-order valence-corrected chi connectivity index (χ2v) is 4.00. The first-order chi connectivity index (χ1) is 9.08. The number of hydrogen-bond acceptors (Lipinski definition) is 3. The Morgan fingerprint density at radius 1 is 1.32 bits per heavy atom. The maximum Gasteiger partial charge on any atom is 0.354 e. The number of aryl methyl sites for hydroxylation is 1. The first-order valence-corrected chi connectivity index (χ1v) is 5.68. The molecular weight excluding hydrogens is 246 g/mol. The smallest absolute Gasteiger partial charge is 0.354 e. The van der Waals surface area contributed by atoms with Gasteiger partial charge in [0.2, 0.25) is 5.91 Å². The van der Waals surface area contributed by atoms with E-state index in [2.05, 4.69) is 10.3 Å². The van der Waals surface area contributed by atoms with Gasteiger partial charge in [-0.15, -0.1) is 0 Å². The topological polar surface area (TPSA) is 84.2 Å². The van der Waals surface area contributed by atoms with E-state index in [0.717, 1.165) is 0 Å². The van der Waals surface area contributed by atoms with E-state index >= 15 is 0 Å². The molecule has 2 aromatic rings. The summed E-state index contributed by atoms with van der Waals surface area (Å²) in [5, 5.41) is 11.7. The number of nitrogens with one attached hydrogen (secondary N) is 1.